The summed E-state index contributed by atoms with van der Waals surface area (Å²) in [6.07, 6.45) is -1.46. The summed E-state index contributed by atoms with van der Waals surface area (Å²) < 4.78 is 39.8. The Morgan fingerprint density at radius 3 is 2.47 bits per heavy atom. The largest absolute Gasteiger partial charge is 0.481 e. The van der Waals surface area contributed by atoms with Crippen molar-refractivity contribution >= 4 is 11.6 Å². The highest BCUT2D eigenvalue weighted by molar-refractivity contribution is 6.29. The van der Waals surface area contributed by atoms with E-state index in [4.69, 9.17) is 21.1 Å². The second-order valence-electron chi connectivity index (χ2n) is 10.1. The number of pyridine rings is 1. The zero-order chi connectivity index (χ0) is 26.9. The van der Waals surface area contributed by atoms with Gasteiger partial charge in [-0.05, 0) is 23.3 Å². The number of methoxy groups -OCH3 is 1. The van der Waals surface area contributed by atoms with Crippen LogP contribution in [0.25, 0.3) is 0 Å². The molecule has 0 bridgehead atoms. The highest BCUT2D eigenvalue weighted by atomic mass is 35.5. The molecule has 5 atom stereocenters. The maximum Gasteiger partial charge on any atom is 0.272 e. The predicted molar refractivity (Wildman–Crippen MR) is 133 cm³/mol. The number of likely N-dealkylation sites (tertiary alicyclic amines) is 1. The number of ether oxygens (including phenoxy) is 2. The second-order valence-corrected chi connectivity index (χ2v) is 10.5. The first kappa shape index (κ1) is 25.0. The molecule has 2 aliphatic heterocycles. The number of hydrogen-bond donors (Lipinski definition) is 2. The minimum absolute atomic E-state index is 0.00693. The van der Waals surface area contributed by atoms with Crippen molar-refractivity contribution in [2.24, 2.45) is 5.92 Å². The van der Waals surface area contributed by atoms with Gasteiger partial charge in [0.1, 0.15) is 10.9 Å². The predicted octanol–water partition coefficient (Wildman–Crippen LogP) is 3.82. The van der Waals surface area contributed by atoms with Crippen LogP contribution in [0.4, 0.5) is 8.78 Å². The van der Waals surface area contributed by atoms with E-state index in [1.54, 1.807) is 29.2 Å². The molecule has 2 N–H and O–H groups in total. The zero-order valence-corrected chi connectivity index (χ0v) is 21.1. The first-order chi connectivity index (χ1) is 18.1. The molecule has 10 heteroatoms. The highest BCUT2D eigenvalue weighted by Gasteiger charge is 2.77. The minimum Gasteiger partial charge on any atom is -0.481 e. The van der Waals surface area contributed by atoms with Gasteiger partial charge in [-0.1, -0.05) is 54.1 Å². The van der Waals surface area contributed by atoms with Crippen LogP contribution in [0, 0.1) is 17.2 Å². The first-order valence-corrected chi connectivity index (χ1v) is 12.5. The fraction of sp³-hybridized carbons (Fsp3) is 0.357. The average molecular weight is 540 g/mol. The molecule has 196 valence electrons. The van der Waals surface area contributed by atoms with Crippen molar-refractivity contribution in [3.8, 4) is 17.7 Å². The lowest BCUT2D eigenvalue weighted by Crippen LogP contribution is -2.58. The summed E-state index contributed by atoms with van der Waals surface area (Å²) >= 11 is 6.25. The van der Waals surface area contributed by atoms with Gasteiger partial charge in [0.05, 0.1) is 43.5 Å². The minimum atomic E-state index is -2.80. The highest BCUT2D eigenvalue weighted by Crippen LogP contribution is 2.70. The number of rotatable bonds is 5. The molecule has 2 fully saturated rings. The van der Waals surface area contributed by atoms with Gasteiger partial charge >= 0.3 is 0 Å². The smallest absolute Gasteiger partial charge is 0.272 e. The van der Waals surface area contributed by atoms with E-state index in [2.05, 4.69) is 11.1 Å². The number of alkyl halides is 2. The van der Waals surface area contributed by atoms with E-state index in [1.807, 2.05) is 30.3 Å². The van der Waals surface area contributed by atoms with Crippen LogP contribution in [-0.4, -0.2) is 58.9 Å². The lowest BCUT2D eigenvalue weighted by molar-refractivity contribution is -0.157. The normalized spacial score (nSPS) is 31.0. The number of fused-ring (bicyclic) bond motifs is 3. The van der Waals surface area contributed by atoms with Crippen LogP contribution in [0.5, 0.6) is 11.6 Å². The summed E-state index contributed by atoms with van der Waals surface area (Å²) in [6.45, 7) is -0.769. The van der Waals surface area contributed by atoms with E-state index in [1.165, 1.54) is 13.2 Å². The summed E-state index contributed by atoms with van der Waals surface area (Å²) in [4.78, 5) is 5.79. The van der Waals surface area contributed by atoms with E-state index in [0.29, 0.717) is 11.1 Å². The number of aliphatic hydroxyl groups is 2. The Hall–Kier alpha value is -3.29. The Balaban J connectivity index is 1.62. The van der Waals surface area contributed by atoms with Crippen molar-refractivity contribution in [1.29, 1.82) is 5.26 Å². The molecular weight excluding hydrogens is 516 g/mol. The standard InChI is InChI=1S/C28H24ClF2N3O4/c1-37-25-23-20(11-21(29)33-25)38-28(18-9-7-16(12-32)8-10-18)22(17-5-3-2-4-6-17)19(24(35)27(23,28)36)13-34-14-26(30,31)15-34/h2-11,19,22,24,35-36H,13-15H2,1H3/t19-,22-,24-,27+,28+/m1/s1. The summed E-state index contributed by atoms with van der Waals surface area (Å²) in [5.74, 6) is -4.02. The van der Waals surface area contributed by atoms with Crippen LogP contribution in [0.15, 0.2) is 60.7 Å². The monoisotopic (exact) mass is 539 g/mol. The molecular formula is C28H24ClF2N3O4. The van der Waals surface area contributed by atoms with Gasteiger partial charge in [-0.25, -0.2) is 13.8 Å². The van der Waals surface area contributed by atoms with E-state index < -0.39 is 48.2 Å². The summed E-state index contributed by atoms with van der Waals surface area (Å²) in [7, 11) is 1.37. The molecule has 3 heterocycles. The van der Waals surface area contributed by atoms with Gasteiger partial charge in [0, 0.05) is 24.4 Å². The summed E-state index contributed by atoms with van der Waals surface area (Å²) in [5, 5.41) is 34.2. The van der Waals surface area contributed by atoms with E-state index >= 15 is 0 Å². The molecule has 0 radical (unpaired) electrons. The number of aromatic nitrogens is 1. The third-order valence-corrected chi connectivity index (χ3v) is 8.20. The molecule has 0 amide bonds. The van der Waals surface area contributed by atoms with Gasteiger partial charge in [0.2, 0.25) is 5.88 Å². The molecule has 1 aromatic heterocycles. The van der Waals surface area contributed by atoms with Gasteiger partial charge < -0.3 is 19.7 Å². The van der Waals surface area contributed by atoms with Crippen molar-refractivity contribution in [2.45, 2.75) is 29.1 Å². The number of nitrogens with zero attached hydrogens (tertiary/aromatic N) is 3. The van der Waals surface area contributed by atoms with Gasteiger partial charge in [0.15, 0.2) is 11.2 Å². The Morgan fingerprint density at radius 2 is 1.87 bits per heavy atom. The lowest BCUT2D eigenvalue weighted by Gasteiger charge is -2.43. The molecule has 1 saturated carbocycles. The molecule has 38 heavy (non-hydrogen) atoms. The van der Waals surface area contributed by atoms with Gasteiger partial charge in [-0.2, -0.15) is 5.26 Å². The van der Waals surface area contributed by atoms with Crippen molar-refractivity contribution in [3.63, 3.8) is 0 Å². The molecule has 0 spiro atoms. The zero-order valence-electron chi connectivity index (χ0n) is 20.3. The maximum absolute atomic E-state index is 13.8. The van der Waals surface area contributed by atoms with Crippen LogP contribution in [0.1, 0.15) is 28.2 Å². The topological polar surface area (TPSA) is 98.8 Å². The van der Waals surface area contributed by atoms with Gasteiger partial charge in [-0.15, -0.1) is 0 Å². The number of nitriles is 1. The molecule has 3 aromatic rings. The first-order valence-electron chi connectivity index (χ1n) is 12.1. The number of halogens is 3. The molecule has 6 rings (SSSR count). The molecule has 1 aliphatic carbocycles. The molecule has 2 aromatic carbocycles. The van der Waals surface area contributed by atoms with Crippen LogP contribution in [-0.2, 0) is 11.2 Å². The lowest BCUT2D eigenvalue weighted by atomic mass is 9.70. The summed E-state index contributed by atoms with van der Waals surface area (Å²) in [6, 6.07) is 19.4. The molecule has 1 saturated heterocycles. The summed E-state index contributed by atoms with van der Waals surface area (Å²) in [5.41, 5.74) is -1.94. The quantitative estimate of drug-likeness (QED) is 0.476. The molecule has 0 unspecified atom stereocenters. The Labute approximate surface area is 222 Å². The van der Waals surface area contributed by atoms with E-state index in [9.17, 15) is 24.3 Å². The van der Waals surface area contributed by atoms with Crippen LogP contribution < -0.4 is 9.47 Å². The number of benzene rings is 2. The van der Waals surface area contributed by atoms with Crippen molar-refractivity contribution in [1.82, 2.24) is 9.88 Å². The number of hydrogen-bond acceptors (Lipinski definition) is 7. The van der Waals surface area contributed by atoms with Crippen LogP contribution in [0.3, 0.4) is 0 Å². The third-order valence-electron chi connectivity index (χ3n) is 8.01. The maximum atomic E-state index is 13.8. The second kappa shape index (κ2) is 8.61. The van der Waals surface area contributed by atoms with Gasteiger partial charge in [0.25, 0.3) is 5.92 Å². The van der Waals surface area contributed by atoms with Crippen LogP contribution >= 0.6 is 11.6 Å². The van der Waals surface area contributed by atoms with Crippen molar-refractivity contribution < 1.29 is 28.5 Å². The van der Waals surface area contributed by atoms with Crippen molar-refractivity contribution in [3.05, 3.63) is 88.1 Å². The average Bonchev–Trinajstić information content (AvgIpc) is 3.25. The SMILES string of the molecule is COc1nc(Cl)cc2c1[C@]1(O)[C@H](O)[C@H](CN3CC(F)(F)C3)[C@@H](c3ccccc3)[C@]1(c1ccc(C#N)cc1)O2. The fourth-order valence-electron chi connectivity index (χ4n) is 6.58. The van der Waals surface area contributed by atoms with E-state index in [0.717, 1.165) is 5.56 Å². The van der Waals surface area contributed by atoms with E-state index in [-0.39, 0.29) is 28.9 Å². The van der Waals surface area contributed by atoms with Crippen molar-refractivity contribution in [2.75, 3.05) is 26.7 Å². The Kier molecular flexibility index (Phi) is 5.67. The van der Waals surface area contributed by atoms with Crippen LogP contribution in [0.2, 0.25) is 5.15 Å². The number of aliphatic hydroxyl groups excluding tert-OH is 1. The Bertz CT molecular complexity index is 1430. The fourth-order valence-corrected chi connectivity index (χ4v) is 6.76. The third kappa shape index (κ3) is 3.38. The van der Waals surface area contributed by atoms with Gasteiger partial charge in [-0.3, -0.25) is 4.90 Å². The Morgan fingerprint density at radius 1 is 1.18 bits per heavy atom. The molecule has 3 aliphatic rings. The molecule has 7 nitrogen and oxygen atoms in total.